The number of carbonyl (C=O) groups is 1. The quantitative estimate of drug-likeness (QED) is 0.817. The SMILES string of the molecule is O=C(CO)C1CCc2ccc(-c3ccc(S(=O)(=O)N4CCCCC4)cc3)cc2C1. The summed E-state index contributed by atoms with van der Waals surface area (Å²) in [6.07, 6.45) is 5.23. The van der Waals surface area contributed by atoms with Crippen molar-refractivity contribution in [3.05, 3.63) is 53.6 Å². The maximum absolute atomic E-state index is 12.8. The van der Waals surface area contributed by atoms with Crippen LogP contribution >= 0.6 is 0 Å². The molecule has 0 saturated carbocycles. The van der Waals surface area contributed by atoms with Crippen LogP contribution in [0.2, 0.25) is 0 Å². The summed E-state index contributed by atoms with van der Waals surface area (Å²) in [6.45, 7) is 0.803. The lowest BCUT2D eigenvalue weighted by Gasteiger charge is -2.26. The number of hydrogen-bond acceptors (Lipinski definition) is 4. The Morgan fingerprint density at radius 1 is 0.966 bits per heavy atom. The molecular weight excluding hydrogens is 386 g/mol. The Bertz CT molecular complexity index is 992. The van der Waals surface area contributed by atoms with Gasteiger partial charge in [0.1, 0.15) is 6.61 Å². The van der Waals surface area contributed by atoms with E-state index in [0.717, 1.165) is 48.8 Å². The summed E-state index contributed by atoms with van der Waals surface area (Å²) >= 11 is 0. The lowest BCUT2D eigenvalue weighted by Crippen LogP contribution is -2.35. The molecule has 1 N–H and O–H groups in total. The molecule has 0 spiro atoms. The van der Waals surface area contributed by atoms with Gasteiger partial charge < -0.3 is 5.11 Å². The summed E-state index contributed by atoms with van der Waals surface area (Å²) in [5.41, 5.74) is 4.37. The minimum Gasteiger partial charge on any atom is -0.389 e. The van der Waals surface area contributed by atoms with Crippen LogP contribution in [-0.2, 0) is 27.7 Å². The molecule has 1 heterocycles. The fraction of sp³-hybridized carbons (Fsp3) is 0.435. The molecule has 6 heteroatoms. The van der Waals surface area contributed by atoms with Crippen molar-refractivity contribution in [2.75, 3.05) is 19.7 Å². The fourth-order valence-corrected chi connectivity index (χ4v) is 5.93. The van der Waals surface area contributed by atoms with E-state index in [1.807, 2.05) is 12.1 Å². The van der Waals surface area contributed by atoms with Gasteiger partial charge in [-0.3, -0.25) is 4.79 Å². The molecule has 1 atom stereocenters. The molecular formula is C23H27NO4S. The molecule has 2 aromatic carbocycles. The Labute approximate surface area is 172 Å². The monoisotopic (exact) mass is 413 g/mol. The van der Waals surface area contributed by atoms with Crippen molar-refractivity contribution in [2.45, 2.75) is 43.4 Å². The van der Waals surface area contributed by atoms with Crippen LogP contribution in [0.15, 0.2) is 47.4 Å². The molecule has 0 amide bonds. The molecule has 29 heavy (non-hydrogen) atoms. The lowest BCUT2D eigenvalue weighted by molar-refractivity contribution is -0.125. The van der Waals surface area contributed by atoms with Crippen molar-refractivity contribution >= 4 is 15.8 Å². The summed E-state index contributed by atoms with van der Waals surface area (Å²) in [4.78, 5) is 12.2. The third-order valence-electron chi connectivity index (χ3n) is 6.19. The molecule has 1 aliphatic carbocycles. The molecule has 2 aliphatic rings. The second kappa shape index (κ2) is 8.38. The average molecular weight is 414 g/mol. The zero-order valence-electron chi connectivity index (χ0n) is 16.5. The smallest absolute Gasteiger partial charge is 0.243 e. The number of sulfonamides is 1. The van der Waals surface area contributed by atoms with Gasteiger partial charge in [0, 0.05) is 19.0 Å². The van der Waals surface area contributed by atoms with E-state index in [0.29, 0.717) is 24.4 Å². The highest BCUT2D eigenvalue weighted by Crippen LogP contribution is 2.31. The van der Waals surface area contributed by atoms with Crippen LogP contribution < -0.4 is 0 Å². The molecule has 1 unspecified atom stereocenters. The molecule has 1 saturated heterocycles. The number of aryl methyl sites for hydroxylation is 1. The van der Waals surface area contributed by atoms with Crippen LogP contribution in [-0.4, -0.2) is 43.3 Å². The predicted molar refractivity (Wildman–Crippen MR) is 112 cm³/mol. The largest absolute Gasteiger partial charge is 0.389 e. The van der Waals surface area contributed by atoms with Gasteiger partial charge in [-0.1, -0.05) is 36.8 Å². The highest BCUT2D eigenvalue weighted by atomic mass is 32.2. The Balaban J connectivity index is 1.56. The van der Waals surface area contributed by atoms with Crippen molar-refractivity contribution < 1.29 is 18.3 Å². The minimum absolute atomic E-state index is 0.0895. The third-order valence-corrected chi connectivity index (χ3v) is 8.10. The zero-order valence-corrected chi connectivity index (χ0v) is 17.3. The first kappa shape index (κ1) is 20.3. The van der Waals surface area contributed by atoms with Gasteiger partial charge in [0.25, 0.3) is 0 Å². The van der Waals surface area contributed by atoms with Crippen molar-refractivity contribution in [2.24, 2.45) is 5.92 Å². The van der Waals surface area contributed by atoms with Gasteiger partial charge in [-0.15, -0.1) is 0 Å². The van der Waals surface area contributed by atoms with Gasteiger partial charge in [-0.2, -0.15) is 4.31 Å². The van der Waals surface area contributed by atoms with E-state index in [9.17, 15) is 13.2 Å². The molecule has 5 nitrogen and oxygen atoms in total. The Morgan fingerprint density at radius 3 is 2.34 bits per heavy atom. The number of fused-ring (bicyclic) bond motifs is 1. The van der Waals surface area contributed by atoms with Crippen molar-refractivity contribution in [3.8, 4) is 11.1 Å². The van der Waals surface area contributed by atoms with E-state index < -0.39 is 16.6 Å². The summed E-state index contributed by atoms with van der Waals surface area (Å²) in [5, 5.41) is 9.15. The molecule has 154 valence electrons. The molecule has 0 bridgehead atoms. The number of aliphatic hydroxyl groups is 1. The topological polar surface area (TPSA) is 74.7 Å². The van der Waals surface area contributed by atoms with Crippen LogP contribution in [0, 0.1) is 5.92 Å². The van der Waals surface area contributed by atoms with E-state index in [4.69, 9.17) is 5.11 Å². The molecule has 1 aliphatic heterocycles. The van der Waals surface area contributed by atoms with Crippen molar-refractivity contribution in [1.82, 2.24) is 4.31 Å². The van der Waals surface area contributed by atoms with Gasteiger partial charge in [0.15, 0.2) is 5.78 Å². The highest BCUT2D eigenvalue weighted by molar-refractivity contribution is 7.89. The van der Waals surface area contributed by atoms with Crippen LogP contribution in [0.4, 0.5) is 0 Å². The van der Waals surface area contributed by atoms with E-state index >= 15 is 0 Å². The number of piperidine rings is 1. The standard InChI is InChI=1S/C23H27NO4S/c25-16-23(26)20-7-5-18-4-6-19(14-21(18)15-20)17-8-10-22(11-9-17)29(27,28)24-12-2-1-3-13-24/h4,6,8-11,14,20,25H,1-3,5,7,12-13,15-16H2. The molecule has 0 radical (unpaired) electrons. The van der Waals surface area contributed by atoms with Crippen molar-refractivity contribution in [3.63, 3.8) is 0 Å². The summed E-state index contributed by atoms with van der Waals surface area (Å²) in [6, 6.07) is 13.4. The Kier molecular flexibility index (Phi) is 5.86. The Hall–Kier alpha value is -2.02. The number of carbonyl (C=O) groups excluding carboxylic acids is 1. The predicted octanol–water partition coefficient (Wildman–Crippen LogP) is 3.19. The third kappa shape index (κ3) is 4.15. The number of nitrogens with zero attached hydrogens (tertiary/aromatic N) is 1. The number of benzene rings is 2. The van der Waals surface area contributed by atoms with Crippen molar-refractivity contribution in [1.29, 1.82) is 0 Å². The van der Waals surface area contributed by atoms with E-state index in [1.54, 1.807) is 16.4 Å². The van der Waals surface area contributed by atoms with Crippen LogP contribution in [0.25, 0.3) is 11.1 Å². The number of Topliss-reactive ketones (excluding diaryl/α,β-unsaturated/α-hetero) is 1. The summed E-state index contributed by atoms with van der Waals surface area (Å²) in [5.74, 6) is -0.201. The van der Waals surface area contributed by atoms with Crippen LogP contribution in [0.1, 0.15) is 36.8 Å². The Morgan fingerprint density at radius 2 is 1.66 bits per heavy atom. The van der Waals surface area contributed by atoms with Gasteiger partial charge in [0.2, 0.25) is 10.0 Å². The first-order chi connectivity index (χ1) is 14.0. The number of aliphatic hydroxyl groups excluding tert-OH is 1. The number of hydrogen-bond donors (Lipinski definition) is 1. The summed E-state index contributed by atoms with van der Waals surface area (Å²) in [7, 11) is -3.42. The van der Waals surface area contributed by atoms with E-state index in [1.165, 1.54) is 5.56 Å². The number of rotatable bonds is 5. The second-order valence-corrected chi connectivity index (χ2v) is 9.97. The fourth-order valence-electron chi connectivity index (χ4n) is 4.41. The second-order valence-electron chi connectivity index (χ2n) is 8.04. The van der Waals surface area contributed by atoms with Gasteiger partial charge in [0.05, 0.1) is 4.90 Å². The van der Waals surface area contributed by atoms with E-state index in [-0.39, 0.29) is 11.7 Å². The highest BCUT2D eigenvalue weighted by Gasteiger charge is 2.26. The lowest BCUT2D eigenvalue weighted by atomic mass is 9.81. The van der Waals surface area contributed by atoms with Gasteiger partial charge in [-0.25, -0.2) is 8.42 Å². The minimum atomic E-state index is -3.42. The molecule has 0 aromatic heterocycles. The normalized spacial score (nSPS) is 20.2. The maximum Gasteiger partial charge on any atom is 0.243 e. The first-order valence-electron chi connectivity index (χ1n) is 10.3. The maximum atomic E-state index is 12.8. The van der Waals surface area contributed by atoms with Crippen LogP contribution in [0.3, 0.4) is 0 Å². The van der Waals surface area contributed by atoms with Crippen LogP contribution in [0.5, 0.6) is 0 Å². The molecule has 2 aromatic rings. The average Bonchev–Trinajstić information content (AvgIpc) is 2.78. The zero-order chi connectivity index (χ0) is 20.4. The van der Waals surface area contributed by atoms with E-state index in [2.05, 4.69) is 18.2 Å². The van der Waals surface area contributed by atoms with Gasteiger partial charge in [-0.05, 0) is 66.5 Å². The first-order valence-corrected chi connectivity index (χ1v) is 11.8. The van der Waals surface area contributed by atoms with Gasteiger partial charge >= 0.3 is 0 Å². The molecule has 1 fully saturated rings. The number of ketones is 1. The summed E-state index contributed by atoms with van der Waals surface area (Å²) < 4.78 is 27.2. The molecule has 4 rings (SSSR count).